The molecule has 1 aromatic carbocycles. The van der Waals surface area contributed by atoms with Crippen LogP contribution in [-0.4, -0.2) is 84.0 Å². The Labute approximate surface area is 311 Å². The first-order valence-electron chi connectivity index (χ1n) is 17.7. The third-order valence-corrected chi connectivity index (χ3v) is 11.7. The minimum Gasteiger partial charge on any atom is -0.505 e. The zero-order valence-corrected chi connectivity index (χ0v) is 30.1. The van der Waals surface area contributed by atoms with Gasteiger partial charge in [-0.3, -0.25) is 19.2 Å². The third-order valence-electron chi connectivity index (χ3n) is 11.4. The fraction of sp³-hybridized carbons (Fsp3) is 0.432. The molecule has 3 aliphatic carbocycles. The molecular weight excluding hydrogens is 729 g/mol. The van der Waals surface area contributed by atoms with E-state index in [1.807, 2.05) is 6.08 Å². The van der Waals surface area contributed by atoms with Gasteiger partial charge in [-0.2, -0.15) is 22.7 Å². The van der Waals surface area contributed by atoms with E-state index in [1.54, 1.807) is 28.5 Å². The standard InChI is InChI=1S/C37H36ClF3N8O5/c1-46(2)32(52)20-7-5-19(6-8-20)31-44-35-48(18-27(51)43-25-10-9-21(16-24(25)38)37(39,40)41)30-22-17-23(22)36(28(30)33(53)49(35)45-31)11-14-47(15-12-36)34(54)29-26(50)4-3-13-42-29/h3-5,9-10,13,16,20,22-23,50H,6-8,11-12,14-15,17-18H2,1-2H3,(H,43,51)/t20?,22-,23+/m0/s1. The van der Waals surface area contributed by atoms with Crippen LogP contribution in [0.25, 0.3) is 11.4 Å². The van der Waals surface area contributed by atoms with Crippen molar-refractivity contribution in [2.75, 3.05) is 32.5 Å². The van der Waals surface area contributed by atoms with Gasteiger partial charge in [0.1, 0.15) is 12.3 Å². The van der Waals surface area contributed by atoms with Gasteiger partial charge >= 0.3 is 6.18 Å². The Morgan fingerprint density at radius 3 is 2.56 bits per heavy atom. The van der Waals surface area contributed by atoms with Crippen LogP contribution < -0.4 is 10.9 Å². The number of pyridine rings is 1. The van der Waals surface area contributed by atoms with Crippen molar-refractivity contribution < 1.29 is 32.7 Å². The number of halogens is 4. The maximum absolute atomic E-state index is 14.6. The van der Waals surface area contributed by atoms with Gasteiger partial charge in [-0.05, 0) is 80.3 Å². The summed E-state index contributed by atoms with van der Waals surface area (Å²) in [5.74, 6) is -0.895. The van der Waals surface area contributed by atoms with Crippen LogP contribution in [0.15, 0.2) is 47.4 Å². The number of nitrogens with zero attached hydrogens (tertiary/aromatic N) is 7. The molecule has 3 aromatic heterocycles. The van der Waals surface area contributed by atoms with Crippen molar-refractivity contribution in [2.45, 2.75) is 62.6 Å². The summed E-state index contributed by atoms with van der Waals surface area (Å²) in [5, 5.41) is 17.3. The van der Waals surface area contributed by atoms with E-state index < -0.39 is 29.0 Å². The lowest BCUT2D eigenvalue weighted by Gasteiger charge is -2.41. The van der Waals surface area contributed by atoms with Gasteiger partial charge in [0.15, 0.2) is 11.5 Å². The first kappa shape index (κ1) is 35.8. The minimum absolute atomic E-state index is 0.00327. The lowest BCUT2D eigenvalue weighted by molar-refractivity contribution is -0.137. The zero-order chi connectivity index (χ0) is 38.3. The van der Waals surface area contributed by atoms with Crippen LogP contribution in [0.5, 0.6) is 5.75 Å². The molecular formula is C37H36ClF3N8O5. The Balaban J connectivity index is 1.16. The summed E-state index contributed by atoms with van der Waals surface area (Å²) in [6.07, 6.45) is 1.99. The number of alkyl halides is 3. The summed E-state index contributed by atoms with van der Waals surface area (Å²) in [6.45, 7) is 0.289. The number of aromatic nitrogens is 5. The van der Waals surface area contributed by atoms with E-state index in [-0.39, 0.29) is 63.7 Å². The average Bonchev–Trinajstić information content (AvgIpc) is 3.74. The monoisotopic (exact) mass is 764 g/mol. The van der Waals surface area contributed by atoms with Crippen molar-refractivity contribution in [1.29, 1.82) is 0 Å². The molecule has 4 heterocycles. The van der Waals surface area contributed by atoms with Crippen LogP contribution in [0.4, 0.5) is 18.9 Å². The van der Waals surface area contributed by atoms with Crippen LogP contribution in [0.2, 0.25) is 5.02 Å². The molecule has 4 aliphatic rings. The fourth-order valence-electron chi connectivity index (χ4n) is 8.71. The molecule has 1 saturated heterocycles. The summed E-state index contributed by atoms with van der Waals surface area (Å²) in [7, 11) is 3.43. The van der Waals surface area contributed by atoms with Gasteiger partial charge in [0, 0.05) is 61.9 Å². The Morgan fingerprint density at radius 2 is 1.91 bits per heavy atom. The summed E-state index contributed by atoms with van der Waals surface area (Å²) >= 11 is 6.17. The number of likely N-dealkylation sites (tertiary alicyclic amines) is 1. The zero-order valence-electron chi connectivity index (χ0n) is 29.4. The number of nitrogens with one attached hydrogen (secondary N) is 1. The van der Waals surface area contributed by atoms with Gasteiger partial charge in [0.2, 0.25) is 17.6 Å². The molecule has 1 saturated carbocycles. The molecule has 54 heavy (non-hydrogen) atoms. The quantitative estimate of drug-likeness (QED) is 0.282. The van der Waals surface area contributed by atoms with Crippen molar-refractivity contribution in [3.8, 4) is 5.75 Å². The highest BCUT2D eigenvalue weighted by molar-refractivity contribution is 6.33. The van der Waals surface area contributed by atoms with E-state index in [2.05, 4.69) is 15.4 Å². The maximum Gasteiger partial charge on any atom is 0.416 e. The minimum atomic E-state index is -4.61. The number of hydrogen-bond acceptors (Lipinski definition) is 8. The molecule has 3 atom stereocenters. The van der Waals surface area contributed by atoms with E-state index in [0.29, 0.717) is 62.3 Å². The summed E-state index contributed by atoms with van der Waals surface area (Å²) in [5.41, 5.74) is -0.000103. The van der Waals surface area contributed by atoms with Crippen LogP contribution in [-0.2, 0) is 27.7 Å². The number of rotatable bonds is 6. The number of amides is 3. The number of benzene rings is 1. The highest BCUT2D eigenvalue weighted by Gasteiger charge is 2.64. The molecule has 2 fully saturated rings. The molecule has 4 aromatic rings. The van der Waals surface area contributed by atoms with E-state index in [4.69, 9.17) is 16.6 Å². The van der Waals surface area contributed by atoms with E-state index in [1.165, 1.54) is 22.8 Å². The van der Waals surface area contributed by atoms with Crippen LogP contribution in [0, 0.1) is 11.8 Å². The first-order chi connectivity index (χ1) is 25.7. The number of carbonyl (C=O) groups is 3. The molecule has 1 aliphatic heterocycles. The molecule has 0 radical (unpaired) electrons. The third kappa shape index (κ3) is 5.90. The Hall–Kier alpha value is -5.25. The van der Waals surface area contributed by atoms with Gasteiger partial charge < -0.3 is 24.8 Å². The first-order valence-corrected chi connectivity index (χ1v) is 18.1. The lowest BCUT2D eigenvalue weighted by Crippen LogP contribution is -2.48. The lowest BCUT2D eigenvalue weighted by atomic mass is 9.71. The molecule has 13 nitrogen and oxygen atoms in total. The van der Waals surface area contributed by atoms with Gasteiger partial charge in [-0.1, -0.05) is 17.7 Å². The molecule has 1 spiro atoms. The molecule has 1 unspecified atom stereocenters. The van der Waals surface area contributed by atoms with Gasteiger partial charge in [-0.25, -0.2) is 4.98 Å². The number of piperidine rings is 1. The number of fused-ring (bicyclic) bond motifs is 6. The fourth-order valence-corrected chi connectivity index (χ4v) is 8.93. The second-order valence-corrected chi connectivity index (χ2v) is 15.1. The second-order valence-electron chi connectivity index (χ2n) is 14.7. The highest BCUT2D eigenvalue weighted by atomic mass is 35.5. The van der Waals surface area contributed by atoms with Gasteiger partial charge in [0.05, 0.1) is 16.3 Å². The number of carbonyl (C=O) groups excluding carboxylic acids is 3. The van der Waals surface area contributed by atoms with Gasteiger partial charge in [0.25, 0.3) is 11.5 Å². The Morgan fingerprint density at radius 1 is 1.15 bits per heavy atom. The van der Waals surface area contributed by atoms with E-state index in [0.717, 1.165) is 30.2 Å². The van der Waals surface area contributed by atoms with Crippen LogP contribution in [0.1, 0.15) is 77.6 Å². The van der Waals surface area contributed by atoms with Crippen molar-refractivity contribution in [1.82, 2.24) is 33.9 Å². The van der Waals surface area contributed by atoms with Crippen molar-refractivity contribution >= 4 is 46.4 Å². The number of anilines is 1. The normalized spacial score (nSPS) is 21.4. The second kappa shape index (κ2) is 13.0. The SMILES string of the molecule is CN(C)C(=O)C1CC=C(c2nc3n(CC(=O)Nc4ccc(C(F)(F)F)cc4Cl)c4c(c(=O)n3n2)C2(CCN(C(=O)c3ncccc3O)CC2)[C@@H]2C[C@H]42)CC1. The maximum atomic E-state index is 14.6. The molecule has 17 heteroatoms. The van der Waals surface area contributed by atoms with Crippen molar-refractivity contribution in [2.24, 2.45) is 11.8 Å². The largest absolute Gasteiger partial charge is 0.505 e. The highest BCUT2D eigenvalue weighted by Crippen LogP contribution is 2.67. The topological polar surface area (TPSA) is 155 Å². The van der Waals surface area contributed by atoms with Crippen LogP contribution >= 0.6 is 11.6 Å². The van der Waals surface area contributed by atoms with E-state index >= 15 is 0 Å². The Kier molecular flexibility index (Phi) is 8.58. The summed E-state index contributed by atoms with van der Waals surface area (Å²) in [6, 6.07) is 5.62. The molecule has 8 rings (SSSR count). The van der Waals surface area contributed by atoms with Crippen molar-refractivity contribution in [3.63, 3.8) is 0 Å². The summed E-state index contributed by atoms with van der Waals surface area (Å²) in [4.78, 5) is 66.3. The smallest absolute Gasteiger partial charge is 0.416 e. The predicted molar refractivity (Wildman–Crippen MR) is 190 cm³/mol. The summed E-state index contributed by atoms with van der Waals surface area (Å²) < 4.78 is 42.8. The predicted octanol–water partition coefficient (Wildman–Crippen LogP) is 4.87. The van der Waals surface area contributed by atoms with Crippen molar-refractivity contribution in [3.05, 3.63) is 86.3 Å². The van der Waals surface area contributed by atoms with Gasteiger partial charge in [-0.15, -0.1) is 5.10 Å². The molecule has 2 N–H and O–H groups in total. The average molecular weight is 765 g/mol. The molecule has 3 amide bonds. The van der Waals surface area contributed by atoms with E-state index in [9.17, 15) is 37.5 Å². The van der Waals surface area contributed by atoms with Crippen LogP contribution in [0.3, 0.4) is 0 Å². The molecule has 282 valence electrons. The number of allylic oxidation sites excluding steroid dienone is 2. The number of hydrogen-bond donors (Lipinski definition) is 2. The Bertz CT molecular complexity index is 2330. The number of aromatic hydroxyl groups is 1. The molecule has 0 bridgehead atoms.